The number of aryl methyl sites for hydroxylation is 1. The molecule has 156 valence electrons. The Hall–Kier alpha value is -3.55. The van der Waals surface area contributed by atoms with Gasteiger partial charge >= 0.3 is 0 Å². The van der Waals surface area contributed by atoms with Gasteiger partial charge in [0.25, 0.3) is 0 Å². The molecule has 4 rings (SSSR count). The summed E-state index contributed by atoms with van der Waals surface area (Å²) in [5, 5.41) is 5.69. The topological polar surface area (TPSA) is 97.0 Å². The third-order valence-corrected chi connectivity index (χ3v) is 5.26. The lowest BCUT2D eigenvalue weighted by Gasteiger charge is -2.17. The van der Waals surface area contributed by atoms with Crippen molar-refractivity contribution in [2.45, 2.75) is 26.7 Å². The largest absolute Gasteiger partial charge is 0.454 e. The number of rotatable bonds is 5. The van der Waals surface area contributed by atoms with E-state index in [1.807, 2.05) is 13.0 Å². The van der Waals surface area contributed by atoms with Crippen molar-refractivity contribution in [1.29, 1.82) is 0 Å². The molecule has 0 aromatic heterocycles. The summed E-state index contributed by atoms with van der Waals surface area (Å²) in [5.41, 5.74) is 2.78. The highest BCUT2D eigenvalue weighted by Gasteiger charge is 2.36. The van der Waals surface area contributed by atoms with Crippen LogP contribution in [0, 0.1) is 12.8 Å². The van der Waals surface area contributed by atoms with Crippen molar-refractivity contribution in [3.05, 3.63) is 42.0 Å². The Balaban J connectivity index is 1.45. The first-order chi connectivity index (χ1) is 14.4. The van der Waals surface area contributed by atoms with Crippen molar-refractivity contribution in [2.24, 2.45) is 5.92 Å². The van der Waals surface area contributed by atoms with Gasteiger partial charge in [-0.2, -0.15) is 0 Å². The maximum absolute atomic E-state index is 12.8. The monoisotopic (exact) mass is 409 g/mol. The summed E-state index contributed by atoms with van der Waals surface area (Å²) in [7, 11) is 0. The number of hydrogen-bond acceptors (Lipinski definition) is 5. The lowest BCUT2D eigenvalue weighted by Crippen LogP contribution is -2.28. The van der Waals surface area contributed by atoms with E-state index in [4.69, 9.17) is 9.47 Å². The van der Waals surface area contributed by atoms with Gasteiger partial charge in [0, 0.05) is 42.5 Å². The molecule has 0 radical (unpaired) electrons. The lowest BCUT2D eigenvalue weighted by atomic mass is 10.1. The quantitative estimate of drug-likeness (QED) is 0.791. The molecule has 0 spiro atoms. The van der Waals surface area contributed by atoms with Crippen LogP contribution in [0.2, 0.25) is 0 Å². The third kappa shape index (κ3) is 3.94. The molecule has 1 atom stereocenters. The first-order valence-corrected chi connectivity index (χ1v) is 9.86. The molecule has 1 saturated heterocycles. The van der Waals surface area contributed by atoms with Gasteiger partial charge in [-0.15, -0.1) is 0 Å². The molecule has 8 heteroatoms. The van der Waals surface area contributed by atoms with Crippen LogP contribution in [-0.4, -0.2) is 31.1 Å². The van der Waals surface area contributed by atoms with Crippen molar-refractivity contribution >= 4 is 34.8 Å². The molecule has 0 saturated carbocycles. The fourth-order valence-corrected chi connectivity index (χ4v) is 3.50. The molecule has 30 heavy (non-hydrogen) atoms. The maximum atomic E-state index is 12.8. The number of hydrogen-bond donors (Lipinski definition) is 2. The molecule has 1 fully saturated rings. The Morgan fingerprint density at radius 3 is 2.70 bits per heavy atom. The zero-order valence-electron chi connectivity index (χ0n) is 16.9. The highest BCUT2D eigenvalue weighted by molar-refractivity contribution is 6.04. The van der Waals surface area contributed by atoms with Gasteiger partial charge < -0.3 is 25.0 Å². The summed E-state index contributed by atoms with van der Waals surface area (Å²) in [6, 6.07) is 10.7. The van der Waals surface area contributed by atoms with Crippen LogP contribution >= 0.6 is 0 Å². The molecule has 1 unspecified atom stereocenters. The predicted molar refractivity (Wildman–Crippen MR) is 112 cm³/mol. The highest BCUT2D eigenvalue weighted by Crippen LogP contribution is 2.37. The summed E-state index contributed by atoms with van der Waals surface area (Å²) < 4.78 is 10.7. The van der Waals surface area contributed by atoms with Crippen molar-refractivity contribution in [3.8, 4) is 11.5 Å². The summed E-state index contributed by atoms with van der Waals surface area (Å²) in [5.74, 6) is 0.316. The van der Waals surface area contributed by atoms with E-state index >= 15 is 0 Å². The van der Waals surface area contributed by atoms with Crippen molar-refractivity contribution < 1.29 is 23.9 Å². The van der Waals surface area contributed by atoms with Crippen LogP contribution in [0.4, 0.5) is 17.1 Å². The van der Waals surface area contributed by atoms with Gasteiger partial charge in [-0.25, -0.2) is 0 Å². The number of amides is 3. The fourth-order valence-electron chi connectivity index (χ4n) is 3.50. The Labute approximate surface area is 174 Å². The number of ether oxygens (including phenoxy) is 2. The summed E-state index contributed by atoms with van der Waals surface area (Å²) in [6.45, 7) is 4.10. The van der Waals surface area contributed by atoms with Crippen LogP contribution in [0.25, 0.3) is 0 Å². The minimum absolute atomic E-state index is 0.100. The smallest absolute Gasteiger partial charge is 0.231 e. The van der Waals surface area contributed by atoms with E-state index in [0.717, 1.165) is 5.56 Å². The first kappa shape index (κ1) is 19.8. The number of anilines is 3. The molecule has 3 amide bonds. The molecule has 0 aliphatic carbocycles. The third-order valence-electron chi connectivity index (χ3n) is 5.26. The molecule has 0 bridgehead atoms. The Kier molecular flexibility index (Phi) is 5.31. The van der Waals surface area contributed by atoms with E-state index in [1.54, 1.807) is 42.2 Å². The van der Waals surface area contributed by atoms with Gasteiger partial charge in [0.1, 0.15) is 0 Å². The lowest BCUT2D eigenvalue weighted by molar-refractivity contribution is -0.122. The van der Waals surface area contributed by atoms with Gasteiger partial charge in [0.2, 0.25) is 24.5 Å². The SMILES string of the molecule is CCC(=O)Nc1ccc(C)c(NC(=O)C2CC(=O)N(c3ccc4c(c3)OCO4)C2)c1. The van der Waals surface area contributed by atoms with E-state index < -0.39 is 5.92 Å². The summed E-state index contributed by atoms with van der Waals surface area (Å²) in [6.07, 6.45) is 0.501. The van der Waals surface area contributed by atoms with Crippen LogP contribution in [0.1, 0.15) is 25.3 Å². The molecule has 2 aliphatic rings. The molecule has 2 aromatic rings. The maximum Gasteiger partial charge on any atom is 0.231 e. The molecule has 2 heterocycles. The van der Waals surface area contributed by atoms with E-state index in [2.05, 4.69) is 10.6 Å². The highest BCUT2D eigenvalue weighted by atomic mass is 16.7. The molecule has 8 nitrogen and oxygen atoms in total. The number of nitrogens with zero attached hydrogens (tertiary/aromatic N) is 1. The van der Waals surface area contributed by atoms with Gasteiger partial charge in [-0.05, 0) is 36.8 Å². The molecule has 2 N–H and O–H groups in total. The average molecular weight is 409 g/mol. The van der Waals surface area contributed by atoms with E-state index in [9.17, 15) is 14.4 Å². The number of nitrogens with one attached hydrogen (secondary N) is 2. The Morgan fingerprint density at radius 2 is 1.90 bits per heavy atom. The summed E-state index contributed by atoms with van der Waals surface area (Å²) in [4.78, 5) is 38.6. The molecular weight excluding hydrogens is 386 g/mol. The molecule has 2 aliphatic heterocycles. The number of carbonyl (C=O) groups excluding carboxylic acids is 3. The number of benzene rings is 2. The van der Waals surface area contributed by atoms with E-state index in [1.165, 1.54) is 0 Å². The second-order valence-electron chi connectivity index (χ2n) is 7.36. The zero-order chi connectivity index (χ0) is 21.3. The molecule has 2 aromatic carbocycles. The first-order valence-electron chi connectivity index (χ1n) is 9.86. The van der Waals surface area contributed by atoms with Crippen molar-refractivity contribution in [3.63, 3.8) is 0 Å². The Bertz CT molecular complexity index is 1020. The van der Waals surface area contributed by atoms with Gasteiger partial charge in [-0.1, -0.05) is 13.0 Å². The minimum Gasteiger partial charge on any atom is -0.454 e. The normalized spacial score (nSPS) is 17.2. The van der Waals surface area contributed by atoms with Crippen molar-refractivity contribution in [2.75, 3.05) is 28.9 Å². The van der Waals surface area contributed by atoms with Crippen LogP contribution in [0.3, 0.4) is 0 Å². The fraction of sp³-hybridized carbons (Fsp3) is 0.318. The zero-order valence-corrected chi connectivity index (χ0v) is 16.9. The van der Waals surface area contributed by atoms with Crippen LogP contribution in [0.15, 0.2) is 36.4 Å². The standard InChI is InChI=1S/C22H23N3O5/c1-3-20(26)23-15-5-4-13(2)17(9-15)24-22(28)14-8-21(27)25(11-14)16-6-7-18-19(10-16)30-12-29-18/h4-7,9-10,14H,3,8,11-12H2,1-2H3,(H,23,26)(H,24,28). The van der Waals surface area contributed by atoms with Crippen LogP contribution in [0.5, 0.6) is 11.5 Å². The van der Waals surface area contributed by atoms with Crippen molar-refractivity contribution in [1.82, 2.24) is 0 Å². The number of fused-ring (bicyclic) bond motifs is 1. The minimum atomic E-state index is -0.476. The summed E-state index contributed by atoms with van der Waals surface area (Å²) >= 11 is 0. The van der Waals surface area contributed by atoms with Gasteiger partial charge in [0.15, 0.2) is 11.5 Å². The second kappa shape index (κ2) is 8.06. The molecular formula is C22H23N3O5. The van der Waals surface area contributed by atoms with Gasteiger partial charge in [0.05, 0.1) is 5.92 Å². The van der Waals surface area contributed by atoms with Crippen LogP contribution in [-0.2, 0) is 14.4 Å². The second-order valence-corrected chi connectivity index (χ2v) is 7.36. The van der Waals surface area contributed by atoms with Crippen LogP contribution < -0.4 is 25.0 Å². The van der Waals surface area contributed by atoms with Gasteiger partial charge in [-0.3, -0.25) is 14.4 Å². The van der Waals surface area contributed by atoms with E-state index in [-0.39, 0.29) is 37.5 Å². The average Bonchev–Trinajstić information content (AvgIpc) is 3.36. The number of carbonyl (C=O) groups is 3. The predicted octanol–water partition coefficient (Wildman–Crippen LogP) is 3.06. The Morgan fingerprint density at radius 1 is 1.10 bits per heavy atom. The van der Waals surface area contributed by atoms with E-state index in [0.29, 0.717) is 35.0 Å².